The number of piperidine rings is 2. The largest absolute Gasteiger partial charge is 0.450 e. The van der Waals surface area contributed by atoms with Crippen LogP contribution in [0.2, 0.25) is 0 Å². The van der Waals surface area contributed by atoms with Gasteiger partial charge in [0.2, 0.25) is 0 Å². The van der Waals surface area contributed by atoms with E-state index < -0.39 is 0 Å². The first-order valence-electron chi connectivity index (χ1n) is 8.60. The first-order chi connectivity index (χ1) is 10.6. The molecule has 3 heteroatoms. The number of hydrogen-bond acceptors (Lipinski definition) is 2. The predicted octanol–water partition coefficient (Wildman–Crippen LogP) is 4.41. The highest BCUT2D eigenvalue weighted by atomic mass is 16.6. The van der Waals surface area contributed by atoms with Crippen molar-refractivity contribution in [3.05, 3.63) is 35.9 Å². The van der Waals surface area contributed by atoms with Gasteiger partial charge in [0.15, 0.2) is 0 Å². The zero-order valence-corrected chi connectivity index (χ0v) is 13.8. The van der Waals surface area contributed by atoms with E-state index in [9.17, 15) is 4.79 Å². The second-order valence-electron chi connectivity index (χ2n) is 7.23. The topological polar surface area (TPSA) is 29.5 Å². The molecule has 3 nitrogen and oxygen atoms in total. The number of benzene rings is 1. The molecule has 2 unspecified atom stereocenters. The van der Waals surface area contributed by atoms with E-state index in [0.29, 0.717) is 24.1 Å². The van der Waals surface area contributed by atoms with E-state index in [1.807, 2.05) is 6.92 Å². The third kappa shape index (κ3) is 3.13. The van der Waals surface area contributed by atoms with Crippen molar-refractivity contribution in [2.75, 3.05) is 6.61 Å². The van der Waals surface area contributed by atoms with Crippen LogP contribution in [-0.4, -0.2) is 29.7 Å². The molecule has 2 atom stereocenters. The highest BCUT2D eigenvalue weighted by Crippen LogP contribution is 2.45. The summed E-state index contributed by atoms with van der Waals surface area (Å²) in [5.41, 5.74) is 1.70. The van der Waals surface area contributed by atoms with Crippen LogP contribution in [0.3, 0.4) is 0 Å². The molecule has 2 saturated heterocycles. The second-order valence-corrected chi connectivity index (χ2v) is 7.23. The third-order valence-electron chi connectivity index (χ3n) is 5.27. The lowest BCUT2D eigenvalue weighted by molar-refractivity contribution is -0.0201. The number of ether oxygens (including phenoxy) is 1. The van der Waals surface area contributed by atoms with Gasteiger partial charge in [0.05, 0.1) is 6.61 Å². The van der Waals surface area contributed by atoms with Crippen molar-refractivity contribution in [2.45, 2.75) is 64.5 Å². The molecular formula is C19H27NO2. The summed E-state index contributed by atoms with van der Waals surface area (Å²) < 4.78 is 5.29. The van der Waals surface area contributed by atoms with E-state index in [1.165, 1.54) is 12.0 Å². The third-order valence-corrected chi connectivity index (χ3v) is 5.27. The Hall–Kier alpha value is -1.51. The monoisotopic (exact) mass is 301 g/mol. The number of carbonyl (C=O) groups is 1. The van der Waals surface area contributed by atoms with Gasteiger partial charge in [-0.1, -0.05) is 37.3 Å². The molecule has 22 heavy (non-hydrogen) atoms. The fraction of sp³-hybridized carbons (Fsp3) is 0.632. The minimum atomic E-state index is -0.0982. The Morgan fingerprint density at radius 3 is 2.45 bits per heavy atom. The minimum absolute atomic E-state index is 0.0982. The number of hydrogen-bond donors (Lipinski definition) is 0. The summed E-state index contributed by atoms with van der Waals surface area (Å²) >= 11 is 0. The molecule has 0 aliphatic carbocycles. The maximum atomic E-state index is 12.3. The number of carbonyl (C=O) groups excluding carboxylic acids is 1. The van der Waals surface area contributed by atoms with Crippen LogP contribution < -0.4 is 0 Å². The summed E-state index contributed by atoms with van der Waals surface area (Å²) in [5.74, 6) is 0. The molecule has 3 rings (SSSR count). The van der Waals surface area contributed by atoms with Crippen molar-refractivity contribution >= 4 is 6.09 Å². The van der Waals surface area contributed by atoms with Crippen molar-refractivity contribution in [3.63, 3.8) is 0 Å². The summed E-state index contributed by atoms with van der Waals surface area (Å²) in [6.45, 7) is 4.75. The number of rotatable bonds is 3. The van der Waals surface area contributed by atoms with Crippen LogP contribution in [0.15, 0.2) is 30.3 Å². The van der Waals surface area contributed by atoms with Crippen molar-refractivity contribution in [1.29, 1.82) is 0 Å². The van der Waals surface area contributed by atoms with Gasteiger partial charge in [-0.2, -0.15) is 0 Å². The SMILES string of the molecule is CCOC(=O)N1C2CCCC1CC(C)(Cc1ccccc1)C2. The van der Waals surface area contributed by atoms with Gasteiger partial charge in [-0.3, -0.25) is 0 Å². The van der Waals surface area contributed by atoms with E-state index in [1.54, 1.807) is 0 Å². The lowest BCUT2D eigenvalue weighted by Crippen LogP contribution is -2.57. The Bertz CT molecular complexity index is 499. The lowest BCUT2D eigenvalue weighted by Gasteiger charge is -2.52. The first-order valence-corrected chi connectivity index (χ1v) is 8.60. The molecule has 120 valence electrons. The normalized spacial score (nSPS) is 30.9. The molecule has 2 aliphatic rings. The maximum absolute atomic E-state index is 12.3. The smallest absolute Gasteiger partial charge is 0.410 e. The molecular weight excluding hydrogens is 274 g/mol. The van der Waals surface area contributed by atoms with Gasteiger partial charge in [-0.05, 0) is 56.4 Å². The Balaban J connectivity index is 1.75. The molecule has 1 aromatic rings. The van der Waals surface area contributed by atoms with E-state index in [2.05, 4.69) is 42.2 Å². The molecule has 0 N–H and O–H groups in total. The van der Waals surface area contributed by atoms with Gasteiger partial charge in [0.1, 0.15) is 0 Å². The van der Waals surface area contributed by atoms with Crippen LogP contribution in [0.5, 0.6) is 0 Å². The van der Waals surface area contributed by atoms with Gasteiger partial charge in [0.25, 0.3) is 0 Å². The highest BCUT2D eigenvalue weighted by Gasteiger charge is 2.46. The van der Waals surface area contributed by atoms with Crippen LogP contribution in [0.4, 0.5) is 4.79 Å². The summed E-state index contributed by atoms with van der Waals surface area (Å²) in [4.78, 5) is 14.3. The Labute approximate surface area is 133 Å². The fourth-order valence-corrected chi connectivity index (χ4v) is 4.52. The van der Waals surface area contributed by atoms with Gasteiger partial charge >= 0.3 is 6.09 Å². The van der Waals surface area contributed by atoms with E-state index in [-0.39, 0.29) is 6.09 Å². The number of fused-ring (bicyclic) bond motifs is 2. The van der Waals surface area contributed by atoms with E-state index in [0.717, 1.165) is 32.1 Å². The molecule has 2 aliphatic heterocycles. The summed E-state index contributed by atoms with van der Waals surface area (Å²) in [6, 6.07) is 11.5. The summed E-state index contributed by atoms with van der Waals surface area (Å²) in [5, 5.41) is 0. The molecule has 2 heterocycles. The second kappa shape index (κ2) is 6.31. The first kappa shape index (κ1) is 15.4. The van der Waals surface area contributed by atoms with Crippen LogP contribution >= 0.6 is 0 Å². The van der Waals surface area contributed by atoms with Crippen molar-refractivity contribution in [3.8, 4) is 0 Å². The van der Waals surface area contributed by atoms with E-state index >= 15 is 0 Å². The average Bonchev–Trinajstić information content (AvgIpc) is 2.47. The van der Waals surface area contributed by atoms with E-state index in [4.69, 9.17) is 4.74 Å². The molecule has 1 amide bonds. The molecule has 0 spiro atoms. The predicted molar refractivity (Wildman–Crippen MR) is 87.8 cm³/mol. The Morgan fingerprint density at radius 2 is 1.86 bits per heavy atom. The standard InChI is InChI=1S/C19H27NO2/c1-3-22-18(21)20-16-10-7-11-17(20)14-19(2,13-16)12-15-8-5-4-6-9-15/h4-6,8-9,16-17H,3,7,10-14H2,1-2H3. The van der Waals surface area contributed by atoms with Crippen LogP contribution in [0.1, 0.15) is 51.5 Å². The lowest BCUT2D eigenvalue weighted by atomic mass is 9.67. The van der Waals surface area contributed by atoms with Gasteiger partial charge in [0, 0.05) is 12.1 Å². The molecule has 0 radical (unpaired) electrons. The molecule has 2 fully saturated rings. The average molecular weight is 301 g/mol. The van der Waals surface area contributed by atoms with Crippen molar-refractivity contribution in [1.82, 2.24) is 4.90 Å². The molecule has 2 bridgehead atoms. The zero-order chi connectivity index (χ0) is 15.6. The Morgan fingerprint density at radius 1 is 1.23 bits per heavy atom. The molecule has 0 aromatic heterocycles. The molecule has 1 aromatic carbocycles. The van der Waals surface area contributed by atoms with Crippen LogP contribution in [0.25, 0.3) is 0 Å². The van der Waals surface area contributed by atoms with Crippen molar-refractivity contribution in [2.24, 2.45) is 5.41 Å². The summed E-state index contributed by atoms with van der Waals surface area (Å²) in [6.07, 6.45) is 6.69. The van der Waals surface area contributed by atoms with Crippen LogP contribution in [-0.2, 0) is 11.2 Å². The minimum Gasteiger partial charge on any atom is -0.450 e. The fourth-order valence-electron chi connectivity index (χ4n) is 4.52. The van der Waals surface area contributed by atoms with Gasteiger partial charge < -0.3 is 9.64 Å². The zero-order valence-electron chi connectivity index (χ0n) is 13.8. The van der Waals surface area contributed by atoms with Crippen LogP contribution in [0, 0.1) is 5.41 Å². The number of nitrogens with zero attached hydrogens (tertiary/aromatic N) is 1. The maximum Gasteiger partial charge on any atom is 0.410 e. The van der Waals surface area contributed by atoms with Gasteiger partial charge in [-0.15, -0.1) is 0 Å². The number of amides is 1. The quantitative estimate of drug-likeness (QED) is 0.827. The van der Waals surface area contributed by atoms with Gasteiger partial charge in [-0.25, -0.2) is 4.79 Å². The van der Waals surface area contributed by atoms with Crippen molar-refractivity contribution < 1.29 is 9.53 Å². The summed E-state index contributed by atoms with van der Waals surface area (Å²) in [7, 11) is 0. The molecule has 0 saturated carbocycles. The highest BCUT2D eigenvalue weighted by molar-refractivity contribution is 5.69. The Kier molecular flexibility index (Phi) is 4.42.